The summed E-state index contributed by atoms with van der Waals surface area (Å²) < 4.78 is 0. The van der Waals surface area contributed by atoms with Crippen LogP contribution in [0.25, 0.3) is 0 Å². The second-order valence-corrected chi connectivity index (χ2v) is 5.97. The molecule has 0 bridgehead atoms. The fourth-order valence-electron chi connectivity index (χ4n) is 1.17. The average molecular weight is 208 g/mol. The molecule has 1 heterocycles. The van der Waals surface area contributed by atoms with E-state index < -0.39 is 0 Å². The van der Waals surface area contributed by atoms with Crippen LogP contribution in [-0.4, -0.2) is 15.8 Å². The highest BCUT2D eigenvalue weighted by molar-refractivity contribution is 5.96. The lowest BCUT2D eigenvalue weighted by atomic mass is 9.90. The second kappa shape index (κ2) is 3.47. The van der Waals surface area contributed by atoms with Crippen molar-refractivity contribution >= 4 is 5.78 Å². The van der Waals surface area contributed by atoms with Crippen LogP contribution in [-0.2, 0) is 5.41 Å². The third-order valence-electron chi connectivity index (χ3n) is 2.28. The molecule has 84 valence electrons. The number of hydrogen-bond donors (Lipinski definition) is 1. The number of ketones is 1. The average Bonchev–Trinajstić information content (AvgIpc) is 2.47. The van der Waals surface area contributed by atoms with Crippen molar-refractivity contribution in [2.45, 2.75) is 47.0 Å². The van der Waals surface area contributed by atoms with Gasteiger partial charge in [0.2, 0.25) is 5.78 Å². The third kappa shape index (κ3) is 2.67. The van der Waals surface area contributed by atoms with Gasteiger partial charge in [-0.2, -0.15) is 0 Å². The monoisotopic (exact) mass is 208 g/mol. The number of nitrogens with zero attached hydrogens (tertiary/aromatic N) is 1. The number of rotatable bonds is 1. The van der Waals surface area contributed by atoms with Crippen molar-refractivity contribution in [1.29, 1.82) is 0 Å². The van der Waals surface area contributed by atoms with Gasteiger partial charge < -0.3 is 4.98 Å². The van der Waals surface area contributed by atoms with Gasteiger partial charge in [-0.05, 0) is 0 Å². The van der Waals surface area contributed by atoms with Crippen molar-refractivity contribution in [1.82, 2.24) is 9.97 Å². The molecular weight excluding hydrogens is 188 g/mol. The summed E-state index contributed by atoms with van der Waals surface area (Å²) in [6.07, 6.45) is 1.75. The number of aromatic nitrogens is 2. The van der Waals surface area contributed by atoms with Crippen LogP contribution in [0.4, 0.5) is 0 Å². The molecule has 0 aliphatic carbocycles. The molecular formula is C12H20N2O. The van der Waals surface area contributed by atoms with Gasteiger partial charge in [-0.1, -0.05) is 41.5 Å². The Hall–Kier alpha value is -1.12. The van der Waals surface area contributed by atoms with Gasteiger partial charge in [0.25, 0.3) is 0 Å². The normalized spacial score (nSPS) is 12.9. The van der Waals surface area contributed by atoms with E-state index in [-0.39, 0.29) is 16.6 Å². The number of carbonyl (C=O) groups excluding carboxylic acids is 1. The summed E-state index contributed by atoms with van der Waals surface area (Å²) in [6, 6.07) is 0. The maximum absolute atomic E-state index is 11.9. The van der Waals surface area contributed by atoms with Crippen LogP contribution < -0.4 is 0 Å². The van der Waals surface area contributed by atoms with Crippen molar-refractivity contribution in [3.63, 3.8) is 0 Å². The Bertz CT molecular complexity index is 364. The molecule has 1 aromatic heterocycles. The van der Waals surface area contributed by atoms with Gasteiger partial charge in [0.15, 0.2) is 5.82 Å². The third-order valence-corrected chi connectivity index (χ3v) is 2.28. The molecule has 0 spiro atoms. The molecule has 0 atom stereocenters. The number of imidazole rings is 1. The van der Waals surface area contributed by atoms with Gasteiger partial charge in [-0.3, -0.25) is 4.79 Å². The first kappa shape index (κ1) is 12.0. The van der Waals surface area contributed by atoms with E-state index in [9.17, 15) is 4.79 Å². The van der Waals surface area contributed by atoms with Crippen LogP contribution >= 0.6 is 0 Å². The zero-order valence-corrected chi connectivity index (χ0v) is 10.4. The highest BCUT2D eigenvalue weighted by atomic mass is 16.1. The topological polar surface area (TPSA) is 45.8 Å². The van der Waals surface area contributed by atoms with Crippen molar-refractivity contribution < 1.29 is 4.79 Å². The number of nitrogens with one attached hydrogen (secondary N) is 1. The Morgan fingerprint density at radius 2 is 1.73 bits per heavy atom. The molecule has 0 aromatic carbocycles. The quantitative estimate of drug-likeness (QED) is 0.721. The van der Waals surface area contributed by atoms with Crippen molar-refractivity contribution in [3.8, 4) is 0 Å². The van der Waals surface area contributed by atoms with Crippen LogP contribution in [0.5, 0.6) is 0 Å². The molecule has 1 N–H and O–H groups in total. The van der Waals surface area contributed by atoms with E-state index in [2.05, 4.69) is 30.7 Å². The largest absolute Gasteiger partial charge is 0.339 e. The first-order chi connectivity index (χ1) is 6.62. The molecule has 0 saturated heterocycles. The summed E-state index contributed by atoms with van der Waals surface area (Å²) in [5.41, 5.74) is 0.617. The smallest absolute Gasteiger partial charge is 0.203 e. The zero-order chi connectivity index (χ0) is 11.9. The molecule has 15 heavy (non-hydrogen) atoms. The molecule has 0 saturated carbocycles. The maximum Gasteiger partial charge on any atom is 0.203 e. The van der Waals surface area contributed by atoms with Crippen LogP contribution in [0.2, 0.25) is 0 Å². The minimum Gasteiger partial charge on any atom is -0.339 e. The lowest BCUT2D eigenvalue weighted by Crippen LogP contribution is -2.22. The van der Waals surface area contributed by atoms with Gasteiger partial charge in [-0.25, -0.2) is 4.98 Å². The first-order valence-electron chi connectivity index (χ1n) is 5.22. The molecule has 1 aromatic rings. The van der Waals surface area contributed by atoms with E-state index in [1.165, 1.54) is 0 Å². The Labute approximate surface area is 91.3 Å². The van der Waals surface area contributed by atoms with Crippen molar-refractivity contribution in [2.75, 3.05) is 0 Å². The van der Waals surface area contributed by atoms with E-state index in [0.717, 1.165) is 5.69 Å². The summed E-state index contributed by atoms with van der Waals surface area (Å²) in [5.74, 6) is 0.519. The number of H-pyrrole nitrogens is 1. The number of carbonyl (C=O) groups is 1. The van der Waals surface area contributed by atoms with Gasteiger partial charge >= 0.3 is 0 Å². The molecule has 0 fully saturated rings. The van der Waals surface area contributed by atoms with Crippen LogP contribution in [0.15, 0.2) is 6.20 Å². The number of aromatic amines is 1. The first-order valence-corrected chi connectivity index (χ1v) is 5.22. The Balaban J connectivity index is 3.01. The van der Waals surface area contributed by atoms with Crippen molar-refractivity contribution in [2.24, 2.45) is 5.41 Å². The Morgan fingerprint density at radius 1 is 1.20 bits per heavy atom. The minimum absolute atomic E-state index is 0.00339. The Morgan fingerprint density at radius 3 is 2.07 bits per heavy atom. The van der Waals surface area contributed by atoms with Crippen molar-refractivity contribution in [3.05, 3.63) is 17.7 Å². The second-order valence-electron chi connectivity index (χ2n) is 5.97. The maximum atomic E-state index is 11.9. The molecule has 0 aliphatic rings. The predicted octanol–water partition coefficient (Wildman–Crippen LogP) is 2.94. The zero-order valence-electron chi connectivity index (χ0n) is 10.4. The lowest BCUT2D eigenvalue weighted by Gasteiger charge is -2.16. The predicted molar refractivity (Wildman–Crippen MR) is 61.1 cm³/mol. The molecule has 1 rings (SSSR count). The SMILES string of the molecule is CC(C)(C)C(=O)c1ncc(C(C)(C)C)[nH]1. The fourth-order valence-corrected chi connectivity index (χ4v) is 1.17. The van der Waals surface area contributed by atoms with Crippen LogP contribution in [0.3, 0.4) is 0 Å². The molecule has 3 heteroatoms. The summed E-state index contributed by atoms with van der Waals surface area (Å²) >= 11 is 0. The minimum atomic E-state index is -0.382. The molecule has 0 amide bonds. The lowest BCUT2D eigenvalue weighted by molar-refractivity contribution is 0.0848. The summed E-state index contributed by atoms with van der Waals surface area (Å²) in [7, 11) is 0. The van der Waals surface area contributed by atoms with E-state index in [4.69, 9.17) is 0 Å². The summed E-state index contributed by atoms with van der Waals surface area (Å²) in [6.45, 7) is 12.0. The molecule has 0 aliphatic heterocycles. The van der Waals surface area contributed by atoms with Crippen LogP contribution in [0.1, 0.15) is 57.9 Å². The molecule has 3 nitrogen and oxygen atoms in total. The Kier molecular flexibility index (Phi) is 2.77. The van der Waals surface area contributed by atoms with Gasteiger partial charge in [0, 0.05) is 22.7 Å². The van der Waals surface area contributed by atoms with E-state index in [1.807, 2.05) is 20.8 Å². The number of hydrogen-bond acceptors (Lipinski definition) is 2. The van der Waals surface area contributed by atoms with Gasteiger partial charge in [0.05, 0.1) is 0 Å². The van der Waals surface area contributed by atoms with Gasteiger partial charge in [0.1, 0.15) is 0 Å². The van der Waals surface area contributed by atoms with Crippen LogP contribution in [0, 0.1) is 5.41 Å². The van der Waals surface area contributed by atoms with E-state index in [0.29, 0.717) is 5.82 Å². The summed E-state index contributed by atoms with van der Waals surface area (Å²) in [5, 5.41) is 0. The molecule has 0 radical (unpaired) electrons. The number of Topliss-reactive ketones (excluding diaryl/α,β-unsaturated/α-hetero) is 1. The van der Waals surface area contributed by atoms with E-state index in [1.54, 1.807) is 6.20 Å². The summed E-state index contributed by atoms with van der Waals surface area (Å²) in [4.78, 5) is 19.2. The van der Waals surface area contributed by atoms with Gasteiger partial charge in [-0.15, -0.1) is 0 Å². The molecule has 0 unspecified atom stereocenters. The standard InChI is InChI=1S/C12H20N2O/c1-11(2,3)8-7-13-10(14-8)9(15)12(4,5)6/h7H,1-6H3,(H,13,14). The van der Waals surface area contributed by atoms with E-state index >= 15 is 0 Å². The fraction of sp³-hybridized carbons (Fsp3) is 0.667. The highest BCUT2D eigenvalue weighted by Crippen LogP contribution is 2.23. The highest BCUT2D eigenvalue weighted by Gasteiger charge is 2.27.